The normalized spacial score (nSPS) is 8.15. The fraction of sp³-hybridized carbons (Fsp3) is 0.750. The van der Waals surface area contributed by atoms with Crippen molar-refractivity contribution in [2.45, 2.75) is 33.1 Å². The number of unbranched alkanes of at least 4 members (excludes halogenated alkanes) is 1. The highest BCUT2D eigenvalue weighted by molar-refractivity contribution is 5.71. The monoisotopic (exact) mass is 190 g/mol. The third kappa shape index (κ3) is 18.1. The predicted molar refractivity (Wildman–Crippen MR) is 50.4 cm³/mol. The molecule has 0 aliphatic heterocycles. The molecule has 78 valence electrons. The van der Waals surface area contributed by atoms with Gasteiger partial charge in [0.2, 0.25) is 0 Å². The van der Waals surface area contributed by atoms with Gasteiger partial charge >= 0.3 is 12.0 Å². The maximum atomic E-state index is 10.1. The van der Waals surface area contributed by atoms with Gasteiger partial charge in [-0.3, -0.25) is 4.79 Å². The van der Waals surface area contributed by atoms with E-state index in [2.05, 4.69) is 5.32 Å². The number of hydrogen-bond acceptors (Lipinski definition) is 2. The summed E-state index contributed by atoms with van der Waals surface area (Å²) in [5, 5.41) is 10.6. The SMILES string of the molecule is CC.NC(=O)NCCCCC(=O)O. The third-order valence-electron chi connectivity index (χ3n) is 1.12. The highest BCUT2D eigenvalue weighted by Crippen LogP contribution is 1.92. The second-order valence-electron chi connectivity index (χ2n) is 2.14. The summed E-state index contributed by atoms with van der Waals surface area (Å²) in [5.74, 6) is -0.816. The van der Waals surface area contributed by atoms with Crippen LogP contribution in [0.1, 0.15) is 33.1 Å². The number of carboxylic acids is 1. The molecule has 0 aromatic carbocycles. The van der Waals surface area contributed by atoms with Crippen molar-refractivity contribution in [2.24, 2.45) is 5.73 Å². The first-order valence-corrected chi connectivity index (χ1v) is 4.38. The molecular weight excluding hydrogens is 172 g/mol. The highest BCUT2D eigenvalue weighted by Gasteiger charge is 1.96. The van der Waals surface area contributed by atoms with Crippen LogP contribution in [-0.2, 0) is 4.79 Å². The zero-order chi connectivity index (χ0) is 10.7. The minimum Gasteiger partial charge on any atom is -0.481 e. The molecule has 0 aliphatic carbocycles. The predicted octanol–water partition coefficient (Wildman–Crippen LogP) is 0.936. The summed E-state index contributed by atoms with van der Waals surface area (Å²) in [6.07, 6.45) is 1.35. The van der Waals surface area contributed by atoms with Crippen molar-refractivity contribution in [1.29, 1.82) is 0 Å². The largest absolute Gasteiger partial charge is 0.481 e. The first-order chi connectivity index (χ1) is 6.13. The number of amides is 2. The molecule has 0 heterocycles. The van der Waals surface area contributed by atoms with Crippen LogP contribution < -0.4 is 11.1 Å². The van der Waals surface area contributed by atoms with E-state index in [-0.39, 0.29) is 6.42 Å². The minimum atomic E-state index is -0.816. The molecule has 0 saturated heterocycles. The molecular formula is C8H18N2O3. The maximum absolute atomic E-state index is 10.1. The van der Waals surface area contributed by atoms with Crippen molar-refractivity contribution in [3.63, 3.8) is 0 Å². The standard InChI is InChI=1S/C6H12N2O3.C2H6/c7-6(11)8-4-2-1-3-5(9)10;1-2/h1-4H2,(H,9,10)(H3,7,8,11);1-2H3. The summed E-state index contributed by atoms with van der Waals surface area (Å²) in [4.78, 5) is 20.1. The van der Waals surface area contributed by atoms with Crippen LogP contribution in [0.3, 0.4) is 0 Å². The Kier molecular flexibility index (Phi) is 11.8. The molecule has 0 fully saturated rings. The molecule has 0 saturated carbocycles. The molecule has 2 amide bonds. The molecule has 0 atom stereocenters. The molecule has 0 bridgehead atoms. The lowest BCUT2D eigenvalue weighted by Crippen LogP contribution is -2.30. The molecule has 0 aromatic rings. The van der Waals surface area contributed by atoms with Crippen LogP contribution in [0, 0.1) is 0 Å². The minimum absolute atomic E-state index is 0.139. The summed E-state index contributed by atoms with van der Waals surface area (Å²) in [7, 11) is 0. The number of nitrogens with two attached hydrogens (primary N) is 1. The van der Waals surface area contributed by atoms with E-state index in [1.165, 1.54) is 0 Å². The fourth-order valence-corrected chi connectivity index (χ4v) is 0.613. The fourth-order valence-electron chi connectivity index (χ4n) is 0.613. The van der Waals surface area contributed by atoms with Gasteiger partial charge in [0.25, 0.3) is 0 Å². The molecule has 13 heavy (non-hydrogen) atoms. The molecule has 5 heteroatoms. The van der Waals surface area contributed by atoms with Gasteiger partial charge in [-0.1, -0.05) is 13.8 Å². The Labute approximate surface area is 78.3 Å². The molecule has 0 radical (unpaired) electrons. The second-order valence-corrected chi connectivity index (χ2v) is 2.14. The Morgan fingerprint density at radius 1 is 1.31 bits per heavy atom. The van der Waals surface area contributed by atoms with Crippen LogP contribution in [0.5, 0.6) is 0 Å². The van der Waals surface area contributed by atoms with Crippen molar-refractivity contribution < 1.29 is 14.7 Å². The van der Waals surface area contributed by atoms with Crippen molar-refractivity contribution in [2.75, 3.05) is 6.54 Å². The van der Waals surface area contributed by atoms with E-state index in [0.717, 1.165) is 0 Å². The van der Waals surface area contributed by atoms with Gasteiger partial charge in [-0.05, 0) is 12.8 Å². The Morgan fingerprint density at radius 2 is 1.85 bits per heavy atom. The smallest absolute Gasteiger partial charge is 0.312 e. The van der Waals surface area contributed by atoms with E-state index in [9.17, 15) is 9.59 Å². The molecule has 0 rings (SSSR count). The first kappa shape index (κ1) is 14.3. The quantitative estimate of drug-likeness (QED) is 0.563. The summed E-state index contributed by atoms with van der Waals surface area (Å²) in [6, 6.07) is -0.569. The number of urea groups is 1. The van der Waals surface area contributed by atoms with E-state index in [1.807, 2.05) is 13.8 Å². The Bertz CT molecular complexity index is 132. The molecule has 5 nitrogen and oxygen atoms in total. The average Bonchev–Trinajstić information content (AvgIpc) is 2.06. The van der Waals surface area contributed by atoms with Gasteiger partial charge in [-0.2, -0.15) is 0 Å². The zero-order valence-corrected chi connectivity index (χ0v) is 8.17. The van der Waals surface area contributed by atoms with Crippen molar-refractivity contribution >= 4 is 12.0 Å². The lowest BCUT2D eigenvalue weighted by atomic mass is 10.2. The number of hydrogen-bond donors (Lipinski definition) is 3. The van der Waals surface area contributed by atoms with Crippen LogP contribution >= 0.6 is 0 Å². The maximum Gasteiger partial charge on any atom is 0.312 e. The topological polar surface area (TPSA) is 92.4 Å². The van der Waals surface area contributed by atoms with E-state index < -0.39 is 12.0 Å². The summed E-state index contributed by atoms with van der Waals surface area (Å²) in [6.45, 7) is 4.45. The second kappa shape index (κ2) is 10.7. The lowest BCUT2D eigenvalue weighted by molar-refractivity contribution is -0.137. The van der Waals surface area contributed by atoms with Crippen LogP contribution in [0.25, 0.3) is 0 Å². The van der Waals surface area contributed by atoms with Gasteiger partial charge in [-0.25, -0.2) is 4.79 Å². The van der Waals surface area contributed by atoms with E-state index in [4.69, 9.17) is 10.8 Å². The van der Waals surface area contributed by atoms with E-state index in [1.54, 1.807) is 0 Å². The van der Waals surface area contributed by atoms with Gasteiger partial charge in [0.1, 0.15) is 0 Å². The average molecular weight is 190 g/mol. The highest BCUT2D eigenvalue weighted by atomic mass is 16.4. The summed E-state index contributed by atoms with van der Waals surface area (Å²) in [5.41, 5.74) is 4.77. The van der Waals surface area contributed by atoms with Gasteiger partial charge in [0.05, 0.1) is 0 Å². The molecule has 0 unspecified atom stereocenters. The number of carboxylic acid groups (broad SMARTS) is 1. The van der Waals surface area contributed by atoms with Crippen molar-refractivity contribution in [3.8, 4) is 0 Å². The number of carbonyl (C=O) groups excluding carboxylic acids is 1. The molecule has 0 spiro atoms. The summed E-state index contributed by atoms with van der Waals surface area (Å²) >= 11 is 0. The third-order valence-corrected chi connectivity index (χ3v) is 1.12. The number of nitrogens with one attached hydrogen (secondary N) is 1. The molecule has 0 aliphatic rings. The lowest BCUT2D eigenvalue weighted by Gasteiger charge is -1.98. The van der Waals surface area contributed by atoms with Crippen LogP contribution in [0.15, 0.2) is 0 Å². The van der Waals surface area contributed by atoms with Crippen LogP contribution in [0.4, 0.5) is 4.79 Å². The first-order valence-electron chi connectivity index (χ1n) is 4.38. The number of primary amides is 1. The van der Waals surface area contributed by atoms with Crippen molar-refractivity contribution in [1.82, 2.24) is 5.32 Å². The zero-order valence-electron chi connectivity index (χ0n) is 8.17. The number of rotatable bonds is 5. The number of aliphatic carboxylic acids is 1. The molecule has 4 N–H and O–H groups in total. The van der Waals surface area contributed by atoms with E-state index >= 15 is 0 Å². The van der Waals surface area contributed by atoms with Crippen molar-refractivity contribution in [3.05, 3.63) is 0 Å². The van der Waals surface area contributed by atoms with Crippen LogP contribution in [0.2, 0.25) is 0 Å². The van der Waals surface area contributed by atoms with Gasteiger partial charge in [0, 0.05) is 13.0 Å². The Hall–Kier alpha value is -1.26. The van der Waals surface area contributed by atoms with Crippen LogP contribution in [-0.4, -0.2) is 23.7 Å². The Morgan fingerprint density at radius 3 is 2.23 bits per heavy atom. The van der Waals surface area contributed by atoms with Gasteiger partial charge in [0.15, 0.2) is 0 Å². The van der Waals surface area contributed by atoms with Gasteiger partial charge in [-0.15, -0.1) is 0 Å². The van der Waals surface area contributed by atoms with Gasteiger partial charge < -0.3 is 16.2 Å². The summed E-state index contributed by atoms with van der Waals surface area (Å²) < 4.78 is 0. The number of carbonyl (C=O) groups is 2. The molecule has 0 aromatic heterocycles. The Balaban J connectivity index is 0. The van der Waals surface area contributed by atoms with E-state index in [0.29, 0.717) is 19.4 Å².